The Morgan fingerprint density at radius 2 is 1.62 bits per heavy atom. The van der Waals surface area contributed by atoms with Crippen LogP contribution in [0.3, 0.4) is 0 Å². The highest BCUT2D eigenvalue weighted by atomic mass is 16.3. The third-order valence-electron chi connectivity index (χ3n) is 7.40. The van der Waals surface area contributed by atoms with Crippen LogP contribution in [0.2, 0.25) is 0 Å². The molecule has 4 heterocycles. The van der Waals surface area contributed by atoms with Crippen molar-refractivity contribution in [3.8, 4) is 39.5 Å². The Morgan fingerprint density at radius 3 is 2.35 bits per heavy atom. The van der Waals surface area contributed by atoms with Gasteiger partial charge in [0, 0.05) is 28.4 Å². The average Bonchev–Trinajstić information content (AvgIpc) is 3.36. The van der Waals surface area contributed by atoms with Gasteiger partial charge in [-0.25, -0.2) is 4.98 Å². The maximum atomic E-state index is 10.0. The highest BCUT2D eigenvalue weighted by Crippen LogP contribution is 2.40. The summed E-state index contributed by atoms with van der Waals surface area (Å²) >= 11 is 0. The van der Waals surface area contributed by atoms with Crippen molar-refractivity contribution in [3.63, 3.8) is 0 Å². The second kappa shape index (κ2) is 8.21. The van der Waals surface area contributed by atoms with Gasteiger partial charge in [-0.1, -0.05) is 54.6 Å². The molecule has 0 amide bonds. The van der Waals surface area contributed by atoms with Gasteiger partial charge < -0.3 is 10.8 Å². The number of aromatic hydroxyl groups is 1. The van der Waals surface area contributed by atoms with E-state index in [0.717, 1.165) is 46.3 Å². The summed E-state index contributed by atoms with van der Waals surface area (Å²) in [5.41, 5.74) is 14.6. The van der Waals surface area contributed by atoms with E-state index in [2.05, 4.69) is 57.6 Å². The van der Waals surface area contributed by atoms with Crippen LogP contribution in [0.4, 0.5) is 0 Å². The fraction of sp³-hybridized carbons (Fsp3) is 0.133. The van der Waals surface area contributed by atoms with Gasteiger partial charge in [0.1, 0.15) is 5.75 Å². The number of nitrogens with zero attached hydrogens (tertiary/aromatic N) is 5. The van der Waals surface area contributed by atoms with Crippen LogP contribution in [0, 0.1) is 0 Å². The van der Waals surface area contributed by atoms with Gasteiger partial charge in [0.2, 0.25) is 0 Å². The van der Waals surface area contributed by atoms with Crippen molar-refractivity contribution in [1.29, 1.82) is 0 Å². The van der Waals surface area contributed by atoms with Crippen molar-refractivity contribution in [1.82, 2.24) is 24.6 Å². The summed E-state index contributed by atoms with van der Waals surface area (Å²) in [7, 11) is 0. The van der Waals surface area contributed by atoms with Crippen molar-refractivity contribution in [2.75, 3.05) is 0 Å². The van der Waals surface area contributed by atoms with Crippen LogP contribution in [-0.2, 0) is 5.54 Å². The van der Waals surface area contributed by atoms with E-state index in [1.165, 1.54) is 18.2 Å². The zero-order valence-corrected chi connectivity index (χ0v) is 20.0. The zero-order valence-electron chi connectivity index (χ0n) is 20.0. The van der Waals surface area contributed by atoms with Gasteiger partial charge in [0.05, 0.1) is 22.9 Å². The molecule has 1 aliphatic carbocycles. The molecule has 0 atom stereocenters. The molecule has 0 radical (unpaired) electrons. The predicted octanol–water partition coefficient (Wildman–Crippen LogP) is 5.72. The molecule has 0 saturated heterocycles. The van der Waals surface area contributed by atoms with Gasteiger partial charge in [-0.15, -0.1) is 10.2 Å². The second-order valence-corrected chi connectivity index (χ2v) is 9.72. The Hall–Kier alpha value is -4.62. The first kappa shape index (κ1) is 21.6. The number of fused-ring (bicyclic) bond motifs is 3. The van der Waals surface area contributed by atoms with Gasteiger partial charge in [-0.2, -0.15) is 0 Å². The van der Waals surface area contributed by atoms with Crippen LogP contribution in [0.25, 0.3) is 50.5 Å². The summed E-state index contributed by atoms with van der Waals surface area (Å²) in [4.78, 5) is 9.28. The molecule has 4 aromatic heterocycles. The van der Waals surface area contributed by atoms with Crippen LogP contribution < -0.4 is 5.73 Å². The van der Waals surface area contributed by atoms with E-state index in [4.69, 9.17) is 10.7 Å². The molecule has 0 spiro atoms. The molecule has 2 aromatic carbocycles. The van der Waals surface area contributed by atoms with Crippen molar-refractivity contribution in [2.45, 2.75) is 24.8 Å². The maximum absolute atomic E-state index is 10.0. The highest BCUT2D eigenvalue weighted by Gasteiger charge is 2.34. The number of hydrogen-bond acceptors (Lipinski definition) is 6. The van der Waals surface area contributed by atoms with Gasteiger partial charge in [-0.3, -0.25) is 9.38 Å². The van der Waals surface area contributed by atoms with E-state index in [0.29, 0.717) is 17.0 Å². The highest BCUT2D eigenvalue weighted by molar-refractivity contribution is 5.92. The molecule has 0 bridgehead atoms. The fourth-order valence-corrected chi connectivity index (χ4v) is 5.22. The quantitative estimate of drug-likeness (QED) is 0.332. The number of nitrogens with two attached hydrogens (primary N) is 1. The molecular weight excluding hydrogens is 460 g/mol. The van der Waals surface area contributed by atoms with Crippen LogP contribution in [0.15, 0.2) is 91.3 Å². The Kier molecular flexibility index (Phi) is 4.81. The monoisotopic (exact) mass is 484 g/mol. The summed E-state index contributed by atoms with van der Waals surface area (Å²) in [6.45, 7) is 0. The molecular formula is C30H24N6O. The molecule has 7 rings (SSSR count). The molecule has 180 valence electrons. The van der Waals surface area contributed by atoms with Crippen molar-refractivity contribution in [2.24, 2.45) is 5.73 Å². The normalized spacial score (nSPS) is 14.6. The lowest BCUT2D eigenvalue weighted by molar-refractivity contribution is 0.253. The minimum absolute atomic E-state index is 0.0736. The van der Waals surface area contributed by atoms with Gasteiger partial charge >= 0.3 is 0 Å². The van der Waals surface area contributed by atoms with E-state index < -0.39 is 0 Å². The Labute approximate surface area is 213 Å². The van der Waals surface area contributed by atoms with E-state index in [1.54, 1.807) is 12.3 Å². The zero-order chi connectivity index (χ0) is 25.0. The lowest BCUT2D eigenvalue weighted by atomic mass is 9.72. The van der Waals surface area contributed by atoms with Gasteiger partial charge in [-0.05, 0) is 54.7 Å². The van der Waals surface area contributed by atoms with Crippen LogP contribution in [0.5, 0.6) is 5.75 Å². The average molecular weight is 485 g/mol. The molecule has 3 N–H and O–H groups in total. The second-order valence-electron chi connectivity index (χ2n) is 9.72. The van der Waals surface area contributed by atoms with Crippen molar-refractivity contribution >= 4 is 16.7 Å². The standard InChI is InChI=1S/C30H24N6O/c31-30(13-4-14-30)22-9-7-20(8-10-22)28-24(19-5-2-1-3-6-19)16-26-25(33-28)11-12-27-34-35-29(36(26)27)21-15-23(37)18-32-17-21/h1-3,5-12,15-18,37H,4,13-14,31H2. The fourth-order valence-electron chi connectivity index (χ4n) is 5.22. The van der Waals surface area contributed by atoms with Gasteiger partial charge in [0.15, 0.2) is 11.5 Å². The molecule has 1 saturated carbocycles. The van der Waals surface area contributed by atoms with Crippen molar-refractivity contribution < 1.29 is 5.11 Å². The predicted molar refractivity (Wildman–Crippen MR) is 144 cm³/mol. The Balaban J connectivity index is 1.47. The molecule has 37 heavy (non-hydrogen) atoms. The summed E-state index contributed by atoms with van der Waals surface area (Å²) in [5.74, 6) is 0.667. The van der Waals surface area contributed by atoms with Crippen LogP contribution in [0.1, 0.15) is 24.8 Å². The molecule has 0 aliphatic heterocycles. The molecule has 7 heteroatoms. The summed E-state index contributed by atoms with van der Waals surface area (Å²) in [6, 6.07) is 26.5. The first-order valence-corrected chi connectivity index (χ1v) is 12.4. The lowest BCUT2D eigenvalue weighted by Crippen LogP contribution is -2.43. The molecule has 1 fully saturated rings. The first-order chi connectivity index (χ1) is 18.1. The largest absolute Gasteiger partial charge is 0.506 e. The number of benzene rings is 2. The number of aromatic nitrogens is 5. The minimum Gasteiger partial charge on any atom is -0.506 e. The summed E-state index contributed by atoms with van der Waals surface area (Å²) < 4.78 is 1.97. The number of pyridine rings is 3. The third kappa shape index (κ3) is 3.55. The SMILES string of the molecule is NC1(c2ccc(-c3nc4ccc5nnc(-c6cncc(O)c6)n5c4cc3-c3ccccc3)cc2)CCC1. The summed E-state index contributed by atoms with van der Waals surface area (Å²) in [5, 5.41) is 18.8. The Bertz CT molecular complexity index is 1770. The van der Waals surface area contributed by atoms with Crippen molar-refractivity contribution in [3.05, 3.63) is 96.8 Å². The number of hydrogen-bond donors (Lipinski definition) is 2. The van der Waals surface area contributed by atoms with E-state index >= 15 is 0 Å². The smallest absolute Gasteiger partial charge is 0.170 e. The van der Waals surface area contributed by atoms with E-state index in [1.807, 2.05) is 34.7 Å². The lowest BCUT2D eigenvalue weighted by Gasteiger charge is -2.38. The summed E-state index contributed by atoms with van der Waals surface area (Å²) in [6.07, 6.45) is 6.31. The topological polar surface area (TPSA) is 102 Å². The minimum atomic E-state index is -0.200. The molecule has 1 aliphatic rings. The van der Waals surface area contributed by atoms with Crippen LogP contribution in [-0.4, -0.2) is 29.7 Å². The van der Waals surface area contributed by atoms with Gasteiger partial charge in [0.25, 0.3) is 0 Å². The third-order valence-corrected chi connectivity index (χ3v) is 7.40. The first-order valence-electron chi connectivity index (χ1n) is 12.4. The molecule has 0 unspecified atom stereocenters. The molecule has 7 nitrogen and oxygen atoms in total. The van der Waals surface area contributed by atoms with E-state index in [-0.39, 0.29) is 11.3 Å². The number of rotatable bonds is 4. The maximum Gasteiger partial charge on any atom is 0.170 e. The van der Waals surface area contributed by atoms with E-state index in [9.17, 15) is 5.11 Å². The Morgan fingerprint density at radius 1 is 0.811 bits per heavy atom. The van der Waals surface area contributed by atoms with Crippen LogP contribution >= 0.6 is 0 Å². The molecule has 6 aromatic rings.